The maximum atomic E-state index is 7.27. The van der Waals surface area contributed by atoms with Crippen LogP contribution in [-0.2, 0) is 20.5 Å². The van der Waals surface area contributed by atoms with Crippen molar-refractivity contribution < 1.29 is 18.6 Å². The van der Waals surface area contributed by atoms with E-state index in [1.807, 2.05) is 18.2 Å². The summed E-state index contributed by atoms with van der Waals surface area (Å²) >= 11 is 1.75. The summed E-state index contributed by atoms with van der Waals surface area (Å²) < 4.78 is 25.9. The molecule has 1 aliphatic rings. The molecule has 4 aromatic rings. The Morgan fingerprint density at radius 2 is 1.34 bits per heavy atom. The van der Waals surface area contributed by atoms with Gasteiger partial charge in [-0.25, -0.2) is 0 Å². The van der Waals surface area contributed by atoms with Crippen molar-refractivity contribution in [2.75, 3.05) is 13.7 Å². The zero-order chi connectivity index (χ0) is 28.7. The molecule has 4 nitrogen and oxygen atoms in total. The number of hydrogen-bond acceptors (Lipinski definition) is 5. The molecular weight excluding hydrogens is 545 g/mol. The Bertz CT molecular complexity index is 1300. The van der Waals surface area contributed by atoms with Crippen molar-refractivity contribution >= 4 is 30.5 Å². The summed E-state index contributed by atoms with van der Waals surface area (Å²) in [6.07, 6.45) is 0.525. The number of ether oxygens (including phenoxy) is 3. The normalized spacial score (nSPS) is 19.3. The first kappa shape index (κ1) is 29.6. The lowest BCUT2D eigenvalue weighted by molar-refractivity contribution is -0.0395. The molecule has 41 heavy (non-hydrogen) atoms. The second-order valence-corrected chi connectivity index (χ2v) is 17.0. The predicted molar refractivity (Wildman–Crippen MR) is 171 cm³/mol. The highest BCUT2D eigenvalue weighted by Crippen LogP contribution is 2.39. The van der Waals surface area contributed by atoms with E-state index in [0.29, 0.717) is 13.2 Å². The number of thioether (sulfide) groups is 1. The largest absolute Gasteiger partial charge is 0.497 e. The van der Waals surface area contributed by atoms with Gasteiger partial charge in [0.2, 0.25) is 0 Å². The van der Waals surface area contributed by atoms with E-state index in [2.05, 4.69) is 118 Å². The molecule has 1 fully saturated rings. The maximum Gasteiger partial charge on any atom is 0.261 e. The summed E-state index contributed by atoms with van der Waals surface area (Å²) in [5, 5.41) is 2.43. The minimum absolute atomic E-state index is 0.00831. The quantitative estimate of drug-likeness (QED) is 0.176. The molecule has 3 atom stereocenters. The summed E-state index contributed by atoms with van der Waals surface area (Å²) in [4.78, 5) is 1.19. The SMILES string of the molecule is COc1ccc(CO[C@H]2C[C@H](Sc3ccccc3)O[C@@H]2CO[Si](c2ccccc2)(c2ccccc2)C(C)(C)C)cc1. The van der Waals surface area contributed by atoms with Crippen LogP contribution < -0.4 is 15.1 Å². The fourth-order valence-electron chi connectivity index (χ4n) is 5.62. The summed E-state index contributed by atoms with van der Waals surface area (Å²) in [5.74, 6) is 0.842. The van der Waals surface area contributed by atoms with Crippen LogP contribution in [-0.4, -0.2) is 39.7 Å². The molecule has 5 rings (SSSR count). The van der Waals surface area contributed by atoms with Crippen LogP contribution in [0.1, 0.15) is 32.8 Å². The molecule has 0 unspecified atom stereocenters. The van der Waals surface area contributed by atoms with Gasteiger partial charge < -0.3 is 18.6 Å². The van der Waals surface area contributed by atoms with Gasteiger partial charge in [0.15, 0.2) is 0 Å². The van der Waals surface area contributed by atoms with Crippen molar-refractivity contribution in [2.45, 2.75) is 61.4 Å². The minimum atomic E-state index is -2.70. The Balaban J connectivity index is 1.40. The molecule has 0 spiro atoms. The van der Waals surface area contributed by atoms with Crippen molar-refractivity contribution in [3.05, 3.63) is 121 Å². The van der Waals surface area contributed by atoms with Crippen LogP contribution in [0.25, 0.3) is 0 Å². The number of rotatable bonds is 11. The molecule has 1 heterocycles. The average molecular weight is 585 g/mol. The van der Waals surface area contributed by atoms with Gasteiger partial charge in [-0.3, -0.25) is 0 Å². The molecule has 0 N–H and O–H groups in total. The van der Waals surface area contributed by atoms with Gasteiger partial charge in [-0.15, -0.1) is 0 Å². The average Bonchev–Trinajstić information content (AvgIpc) is 3.38. The Morgan fingerprint density at radius 1 is 0.780 bits per heavy atom. The molecule has 1 aliphatic heterocycles. The molecule has 0 radical (unpaired) electrons. The Kier molecular flexibility index (Phi) is 9.68. The van der Waals surface area contributed by atoms with Crippen LogP contribution in [0.15, 0.2) is 120 Å². The van der Waals surface area contributed by atoms with Gasteiger partial charge in [0.25, 0.3) is 8.32 Å². The van der Waals surface area contributed by atoms with Gasteiger partial charge in [0.1, 0.15) is 17.3 Å². The molecule has 0 bridgehead atoms. The van der Waals surface area contributed by atoms with E-state index in [-0.39, 0.29) is 22.7 Å². The second-order valence-electron chi connectivity index (χ2n) is 11.4. The Morgan fingerprint density at radius 3 is 1.88 bits per heavy atom. The van der Waals surface area contributed by atoms with Crippen molar-refractivity contribution in [1.29, 1.82) is 0 Å². The first-order chi connectivity index (χ1) is 19.9. The highest BCUT2D eigenvalue weighted by Gasteiger charge is 2.51. The molecule has 6 heteroatoms. The zero-order valence-electron chi connectivity index (χ0n) is 24.4. The smallest absolute Gasteiger partial charge is 0.261 e. The van der Waals surface area contributed by atoms with E-state index in [1.165, 1.54) is 15.3 Å². The first-order valence-corrected chi connectivity index (χ1v) is 17.0. The monoisotopic (exact) mass is 584 g/mol. The van der Waals surface area contributed by atoms with Crippen molar-refractivity contribution in [1.82, 2.24) is 0 Å². The van der Waals surface area contributed by atoms with E-state index >= 15 is 0 Å². The minimum Gasteiger partial charge on any atom is -0.497 e. The molecule has 0 aromatic heterocycles. The lowest BCUT2D eigenvalue weighted by atomic mass is 10.2. The highest BCUT2D eigenvalue weighted by molar-refractivity contribution is 7.99. The van der Waals surface area contributed by atoms with Gasteiger partial charge in [-0.05, 0) is 45.2 Å². The zero-order valence-corrected chi connectivity index (χ0v) is 26.2. The lowest BCUT2D eigenvalue weighted by Crippen LogP contribution is -2.67. The number of methoxy groups -OCH3 is 1. The third-order valence-corrected chi connectivity index (χ3v) is 13.8. The van der Waals surface area contributed by atoms with Crippen molar-refractivity contribution in [3.63, 3.8) is 0 Å². The number of hydrogen-bond donors (Lipinski definition) is 0. The summed E-state index contributed by atoms with van der Waals surface area (Å²) in [6, 6.07) is 40.0. The van der Waals surface area contributed by atoms with Crippen LogP contribution in [0.5, 0.6) is 5.75 Å². The standard InChI is InChI=1S/C35H40O4SSi/c1-35(2,3)41(30-16-10-6-11-17-30,31-18-12-7-13-19-31)38-26-33-32(37-25-27-20-22-28(36-4)23-21-27)24-34(39-33)40-29-14-8-5-9-15-29/h5-23,32-34H,24-26H2,1-4H3/t32-,33+,34-/m0/s1. The van der Waals surface area contributed by atoms with Gasteiger partial charge in [0.05, 0.1) is 26.4 Å². The topological polar surface area (TPSA) is 36.9 Å². The molecule has 0 saturated carbocycles. The molecule has 0 amide bonds. The van der Waals surface area contributed by atoms with Gasteiger partial charge in [0, 0.05) is 11.3 Å². The third kappa shape index (κ3) is 6.96. The van der Waals surface area contributed by atoms with E-state index in [9.17, 15) is 0 Å². The van der Waals surface area contributed by atoms with Crippen LogP contribution in [0.2, 0.25) is 5.04 Å². The predicted octanol–water partition coefficient (Wildman–Crippen LogP) is 7.06. The van der Waals surface area contributed by atoms with Crippen LogP contribution >= 0.6 is 11.8 Å². The molecule has 0 aliphatic carbocycles. The third-order valence-electron chi connectivity index (χ3n) is 7.68. The van der Waals surface area contributed by atoms with Crippen LogP contribution in [0, 0.1) is 0 Å². The van der Waals surface area contributed by atoms with Crippen molar-refractivity contribution in [3.8, 4) is 5.75 Å². The Labute approximate surface area is 250 Å². The van der Waals surface area contributed by atoms with Crippen molar-refractivity contribution in [2.24, 2.45) is 0 Å². The first-order valence-electron chi connectivity index (χ1n) is 14.3. The van der Waals surface area contributed by atoms with E-state index in [1.54, 1.807) is 18.9 Å². The van der Waals surface area contributed by atoms with E-state index < -0.39 is 8.32 Å². The lowest BCUT2D eigenvalue weighted by Gasteiger charge is -2.43. The highest BCUT2D eigenvalue weighted by atomic mass is 32.2. The molecular formula is C35H40O4SSi. The molecule has 214 valence electrons. The molecule has 4 aromatic carbocycles. The number of benzene rings is 4. The summed E-state index contributed by atoms with van der Waals surface area (Å²) in [7, 11) is -1.01. The maximum absolute atomic E-state index is 7.27. The fourth-order valence-corrected chi connectivity index (χ4v) is 11.3. The molecule has 1 saturated heterocycles. The van der Waals surface area contributed by atoms with E-state index in [0.717, 1.165) is 17.7 Å². The second kappa shape index (κ2) is 13.4. The summed E-state index contributed by atoms with van der Waals surface area (Å²) in [6.45, 7) is 7.89. The summed E-state index contributed by atoms with van der Waals surface area (Å²) in [5.41, 5.74) is 1.10. The van der Waals surface area contributed by atoms with Crippen LogP contribution in [0.3, 0.4) is 0 Å². The Hall–Kier alpha value is -2.87. The van der Waals surface area contributed by atoms with Gasteiger partial charge in [-0.2, -0.15) is 0 Å². The van der Waals surface area contributed by atoms with Crippen LogP contribution in [0.4, 0.5) is 0 Å². The van der Waals surface area contributed by atoms with E-state index in [4.69, 9.17) is 18.6 Å². The fraction of sp³-hybridized carbons (Fsp3) is 0.314. The van der Waals surface area contributed by atoms with Gasteiger partial charge >= 0.3 is 0 Å². The van der Waals surface area contributed by atoms with Gasteiger partial charge in [-0.1, -0.05) is 124 Å².